The molecule has 0 aliphatic carbocycles. The number of para-hydroxylation sites is 1. The monoisotopic (exact) mass is 399 g/mol. The van der Waals surface area contributed by atoms with Gasteiger partial charge in [0.15, 0.2) is 0 Å². The number of nitrogens with zero attached hydrogens (tertiary/aromatic N) is 1. The van der Waals surface area contributed by atoms with Gasteiger partial charge in [-0.1, -0.05) is 30.3 Å². The molecule has 1 aromatic heterocycles. The maximum Gasteiger partial charge on any atom is 0.416 e. The number of aliphatic hydroxyl groups excluding tert-OH is 1. The fourth-order valence-electron chi connectivity index (χ4n) is 2.78. The van der Waals surface area contributed by atoms with Gasteiger partial charge in [-0.05, 0) is 31.2 Å². The summed E-state index contributed by atoms with van der Waals surface area (Å²) in [5.41, 5.74) is 0.207. The largest absolute Gasteiger partial charge is 0.512 e. The normalized spacial score (nSPS) is 12.1. The first-order chi connectivity index (χ1) is 13.6. The van der Waals surface area contributed by atoms with E-state index < -0.39 is 17.6 Å². The van der Waals surface area contributed by atoms with Crippen molar-refractivity contribution in [2.45, 2.75) is 13.1 Å². The average Bonchev–Trinajstić information content (AvgIpc) is 2.65. The molecule has 0 saturated carbocycles. The fourth-order valence-corrected chi connectivity index (χ4v) is 2.78. The zero-order valence-corrected chi connectivity index (χ0v) is 15.2. The lowest BCUT2D eigenvalue weighted by molar-refractivity contribution is -0.137. The Kier molecular flexibility index (Phi) is 5.36. The number of fused-ring (bicyclic) bond motifs is 1. The highest BCUT2D eigenvalue weighted by Crippen LogP contribution is 2.32. The summed E-state index contributed by atoms with van der Waals surface area (Å²) in [6.07, 6.45) is -3.40. The minimum absolute atomic E-state index is 0.141. The zero-order chi connectivity index (χ0) is 21.2. The average molecular weight is 399 g/mol. The Labute approximate surface area is 164 Å². The molecule has 148 valence electrons. The van der Waals surface area contributed by atoms with Crippen LogP contribution in [0.2, 0.25) is 0 Å². The number of pyridine rings is 1. The number of hydrogen-bond acceptors (Lipinski definition) is 4. The van der Waals surface area contributed by atoms with Crippen molar-refractivity contribution in [3.63, 3.8) is 0 Å². The number of amides is 1. The number of carbonyl (C=O) groups excluding carboxylic acids is 1. The second-order valence-electron chi connectivity index (χ2n) is 6.31. The highest BCUT2D eigenvalue weighted by molar-refractivity contribution is 6.14. The molecule has 0 aliphatic heterocycles. The molecular formula is C21H16F3N3O2. The summed E-state index contributed by atoms with van der Waals surface area (Å²) in [5, 5.41) is 19.8. The van der Waals surface area contributed by atoms with Gasteiger partial charge >= 0.3 is 6.18 Å². The van der Waals surface area contributed by atoms with E-state index in [-0.39, 0.29) is 33.9 Å². The molecule has 0 fully saturated rings. The minimum atomic E-state index is -4.48. The predicted octanol–water partition coefficient (Wildman–Crippen LogP) is 5.09. The Morgan fingerprint density at radius 1 is 1.14 bits per heavy atom. The Morgan fingerprint density at radius 2 is 1.86 bits per heavy atom. The van der Waals surface area contributed by atoms with Crippen molar-refractivity contribution in [1.82, 2.24) is 10.3 Å². The molecule has 0 bridgehead atoms. The first-order valence-electron chi connectivity index (χ1n) is 8.50. The van der Waals surface area contributed by atoms with Crippen LogP contribution >= 0.6 is 0 Å². The second kappa shape index (κ2) is 7.75. The standard InChI is InChI=1S/C21H16F3N3O2/c1-12(28)10-18(25)27-20(29)16-7-3-4-13-8-9-17(26-19(13)16)14-5-2-6-15(11-14)21(22,23)24/h2-11,28H,1H3,(H2,25,27,29)/b12-10-. The van der Waals surface area contributed by atoms with E-state index in [1.54, 1.807) is 24.3 Å². The number of carbonyl (C=O) groups is 1. The van der Waals surface area contributed by atoms with Gasteiger partial charge in [-0.2, -0.15) is 13.2 Å². The molecule has 29 heavy (non-hydrogen) atoms. The lowest BCUT2D eigenvalue weighted by Gasteiger charge is -2.10. The molecule has 5 nitrogen and oxygen atoms in total. The van der Waals surface area contributed by atoms with Gasteiger partial charge < -0.3 is 10.4 Å². The van der Waals surface area contributed by atoms with Crippen LogP contribution in [-0.4, -0.2) is 21.8 Å². The van der Waals surface area contributed by atoms with Crippen molar-refractivity contribution < 1.29 is 23.1 Å². The first-order valence-corrected chi connectivity index (χ1v) is 8.50. The first kappa shape index (κ1) is 20.1. The van der Waals surface area contributed by atoms with E-state index in [1.807, 2.05) is 0 Å². The molecule has 2 aromatic carbocycles. The highest BCUT2D eigenvalue weighted by Gasteiger charge is 2.30. The van der Waals surface area contributed by atoms with Crippen LogP contribution in [0.4, 0.5) is 13.2 Å². The third-order valence-corrected chi connectivity index (χ3v) is 4.05. The molecule has 1 heterocycles. The minimum Gasteiger partial charge on any atom is -0.512 e. The van der Waals surface area contributed by atoms with Crippen LogP contribution in [0.5, 0.6) is 0 Å². The Hall–Kier alpha value is -3.68. The molecule has 0 atom stereocenters. The summed E-state index contributed by atoms with van der Waals surface area (Å²) in [4.78, 5) is 16.9. The molecule has 3 N–H and O–H groups in total. The predicted molar refractivity (Wildman–Crippen MR) is 104 cm³/mol. The summed E-state index contributed by atoms with van der Waals surface area (Å²) < 4.78 is 39.0. The van der Waals surface area contributed by atoms with E-state index in [2.05, 4.69) is 10.3 Å². The molecule has 3 aromatic rings. The molecule has 0 unspecified atom stereocenters. The number of amidine groups is 1. The van der Waals surface area contributed by atoms with Crippen molar-refractivity contribution in [1.29, 1.82) is 5.41 Å². The quantitative estimate of drug-likeness (QED) is 0.326. The van der Waals surface area contributed by atoms with E-state index in [0.717, 1.165) is 18.2 Å². The number of nitrogens with one attached hydrogen (secondary N) is 2. The summed E-state index contributed by atoms with van der Waals surface area (Å²) in [6.45, 7) is 1.36. The SMILES string of the molecule is C/C(O)=C/C(=N)NC(=O)c1cccc2ccc(-c3cccc(C(F)(F)F)c3)nc12. The van der Waals surface area contributed by atoms with Gasteiger partial charge in [0.25, 0.3) is 5.91 Å². The zero-order valence-electron chi connectivity index (χ0n) is 15.2. The van der Waals surface area contributed by atoms with Crippen molar-refractivity contribution in [2.24, 2.45) is 0 Å². The number of hydrogen-bond donors (Lipinski definition) is 3. The number of aliphatic hydroxyl groups is 1. The van der Waals surface area contributed by atoms with Crippen LogP contribution in [-0.2, 0) is 6.18 Å². The molecule has 0 aliphatic rings. The number of rotatable bonds is 3. The molecule has 3 rings (SSSR count). The fraction of sp³-hybridized carbons (Fsp3) is 0.0952. The molecule has 0 saturated heterocycles. The van der Waals surface area contributed by atoms with Crippen molar-refractivity contribution >= 4 is 22.6 Å². The van der Waals surface area contributed by atoms with Crippen LogP contribution in [0.3, 0.4) is 0 Å². The number of benzene rings is 2. The summed E-state index contributed by atoms with van der Waals surface area (Å²) in [7, 11) is 0. The third-order valence-electron chi connectivity index (χ3n) is 4.05. The van der Waals surface area contributed by atoms with Gasteiger partial charge in [0.1, 0.15) is 5.84 Å². The molecular weight excluding hydrogens is 383 g/mol. The molecule has 0 radical (unpaired) electrons. The Morgan fingerprint density at radius 3 is 2.55 bits per heavy atom. The molecule has 0 spiro atoms. The van der Waals surface area contributed by atoms with E-state index >= 15 is 0 Å². The number of halogens is 3. The van der Waals surface area contributed by atoms with Gasteiger partial charge in [-0.15, -0.1) is 0 Å². The van der Waals surface area contributed by atoms with Crippen LogP contribution < -0.4 is 5.32 Å². The topological polar surface area (TPSA) is 86.1 Å². The van der Waals surface area contributed by atoms with Crippen LogP contribution in [0.25, 0.3) is 22.2 Å². The smallest absolute Gasteiger partial charge is 0.416 e. The summed E-state index contributed by atoms with van der Waals surface area (Å²) in [5.74, 6) is -1.06. The van der Waals surface area contributed by atoms with Crippen LogP contribution in [0.15, 0.2) is 66.4 Å². The highest BCUT2D eigenvalue weighted by atomic mass is 19.4. The van der Waals surface area contributed by atoms with Crippen molar-refractivity contribution in [3.05, 3.63) is 77.6 Å². The number of alkyl halides is 3. The van der Waals surface area contributed by atoms with E-state index in [4.69, 9.17) is 5.41 Å². The van der Waals surface area contributed by atoms with E-state index in [9.17, 15) is 23.1 Å². The third kappa shape index (κ3) is 4.60. The number of allylic oxidation sites excluding steroid dienone is 1. The van der Waals surface area contributed by atoms with Gasteiger partial charge in [-0.3, -0.25) is 10.2 Å². The van der Waals surface area contributed by atoms with Gasteiger partial charge in [0.05, 0.1) is 28.1 Å². The Balaban J connectivity index is 2.04. The number of aromatic nitrogens is 1. The lowest BCUT2D eigenvalue weighted by Crippen LogP contribution is -2.28. The molecule has 1 amide bonds. The van der Waals surface area contributed by atoms with E-state index in [0.29, 0.717) is 5.39 Å². The maximum atomic E-state index is 13.0. The van der Waals surface area contributed by atoms with E-state index in [1.165, 1.54) is 25.1 Å². The molecule has 8 heteroatoms. The summed E-state index contributed by atoms with van der Waals surface area (Å²) >= 11 is 0. The van der Waals surface area contributed by atoms with Gasteiger partial charge in [0.2, 0.25) is 0 Å². The van der Waals surface area contributed by atoms with Crippen molar-refractivity contribution in [2.75, 3.05) is 0 Å². The Bertz CT molecular complexity index is 1130. The van der Waals surface area contributed by atoms with Crippen LogP contribution in [0.1, 0.15) is 22.8 Å². The van der Waals surface area contributed by atoms with Crippen molar-refractivity contribution in [3.8, 4) is 11.3 Å². The van der Waals surface area contributed by atoms with Gasteiger partial charge in [-0.25, -0.2) is 4.98 Å². The maximum absolute atomic E-state index is 13.0. The second-order valence-corrected chi connectivity index (χ2v) is 6.31. The lowest BCUT2D eigenvalue weighted by atomic mass is 10.0. The summed E-state index contributed by atoms with van der Waals surface area (Å²) in [6, 6.07) is 12.9. The van der Waals surface area contributed by atoms with Gasteiger partial charge in [0, 0.05) is 17.0 Å². The van der Waals surface area contributed by atoms with Crippen LogP contribution in [0, 0.1) is 5.41 Å².